The highest BCUT2D eigenvalue weighted by Crippen LogP contribution is 2.46. The molecular formula is C39H41FN4O7. The van der Waals surface area contributed by atoms with E-state index in [4.69, 9.17) is 14.5 Å². The second kappa shape index (κ2) is 12.6. The summed E-state index contributed by atoms with van der Waals surface area (Å²) in [5.74, 6) is -1.31. The first-order chi connectivity index (χ1) is 24.2. The predicted octanol–water partition coefficient (Wildman–Crippen LogP) is 6.00. The number of benzene rings is 2. The fraction of sp³-hybridized carbons (Fsp3) is 0.410. The average molecular weight is 697 g/mol. The lowest BCUT2D eigenvalue weighted by molar-refractivity contribution is -0.172. The molecule has 0 spiro atoms. The van der Waals surface area contributed by atoms with Crippen molar-refractivity contribution in [2.75, 3.05) is 5.32 Å². The van der Waals surface area contributed by atoms with Crippen LogP contribution in [0.3, 0.4) is 0 Å². The van der Waals surface area contributed by atoms with Gasteiger partial charge in [0.05, 0.1) is 35.1 Å². The van der Waals surface area contributed by atoms with Crippen LogP contribution in [0.2, 0.25) is 0 Å². The van der Waals surface area contributed by atoms with Gasteiger partial charge >= 0.3 is 12.1 Å². The molecule has 2 atom stereocenters. The molecule has 0 radical (unpaired) electrons. The van der Waals surface area contributed by atoms with Gasteiger partial charge in [0, 0.05) is 34.7 Å². The molecule has 1 aliphatic carbocycles. The van der Waals surface area contributed by atoms with Gasteiger partial charge < -0.3 is 24.5 Å². The van der Waals surface area contributed by atoms with Gasteiger partial charge in [-0.2, -0.15) is 0 Å². The van der Waals surface area contributed by atoms with Crippen LogP contribution >= 0.6 is 0 Å². The molecule has 51 heavy (non-hydrogen) atoms. The minimum Gasteiger partial charge on any atom is -0.458 e. The van der Waals surface area contributed by atoms with Crippen LogP contribution in [0.25, 0.3) is 22.3 Å². The monoisotopic (exact) mass is 696 g/mol. The number of nitrogens with one attached hydrogen (secondary N) is 2. The molecule has 0 fully saturated rings. The molecule has 0 saturated heterocycles. The van der Waals surface area contributed by atoms with Gasteiger partial charge in [0.25, 0.3) is 5.56 Å². The van der Waals surface area contributed by atoms with Crippen LogP contribution in [-0.4, -0.2) is 38.2 Å². The minimum atomic E-state index is -1.97. The molecule has 12 heteroatoms. The van der Waals surface area contributed by atoms with Gasteiger partial charge in [-0.25, -0.2) is 19.0 Å². The van der Waals surface area contributed by atoms with E-state index < -0.39 is 29.3 Å². The van der Waals surface area contributed by atoms with E-state index in [1.807, 2.05) is 12.1 Å². The van der Waals surface area contributed by atoms with Crippen molar-refractivity contribution in [3.05, 3.63) is 91.5 Å². The van der Waals surface area contributed by atoms with Crippen LogP contribution in [0.5, 0.6) is 0 Å². The Morgan fingerprint density at radius 3 is 2.59 bits per heavy atom. The fourth-order valence-corrected chi connectivity index (χ4v) is 7.59. The number of aliphatic hydroxyl groups is 1. The second-order valence-electron chi connectivity index (χ2n) is 14.6. The number of hydrogen-bond acceptors (Lipinski definition) is 8. The number of carbonyl (C=O) groups is 3. The number of nitrogens with zero attached hydrogens (tertiary/aromatic N) is 2. The highest BCUT2D eigenvalue weighted by Gasteiger charge is 2.46. The first-order valence-electron chi connectivity index (χ1n) is 17.4. The third kappa shape index (κ3) is 6.05. The third-order valence-corrected chi connectivity index (χ3v) is 10.2. The highest BCUT2D eigenvalue weighted by molar-refractivity contribution is 5.94. The summed E-state index contributed by atoms with van der Waals surface area (Å²) in [5.41, 5.74) is 3.37. The molecule has 2 aromatic carbocycles. The number of amides is 2. The van der Waals surface area contributed by atoms with Gasteiger partial charge in [-0.3, -0.25) is 14.9 Å². The van der Waals surface area contributed by atoms with Gasteiger partial charge in [-0.05, 0) is 100 Å². The maximum atomic E-state index is 15.2. The van der Waals surface area contributed by atoms with Crippen molar-refractivity contribution in [1.29, 1.82) is 0 Å². The van der Waals surface area contributed by atoms with E-state index in [1.165, 1.54) is 6.07 Å². The van der Waals surface area contributed by atoms with Crippen molar-refractivity contribution >= 4 is 34.6 Å². The number of fused-ring (bicyclic) bond motifs is 5. The summed E-state index contributed by atoms with van der Waals surface area (Å²) in [7, 11) is 0. The number of hydrogen-bond donors (Lipinski definition) is 3. The zero-order valence-electron chi connectivity index (χ0n) is 29.4. The molecule has 3 N–H and O–H groups in total. The Morgan fingerprint density at radius 2 is 1.88 bits per heavy atom. The van der Waals surface area contributed by atoms with Crippen molar-refractivity contribution < 1.29 is 33.4 Å². The van der Waals surface area contributed by atoms with E-state index >= 15 is 4.39 Å². The molecule has 2 amide bonds. The van der Waals surface area contributed by atoms with Crippen molar-refractivity contribution in [3.63, 3.8) is 0 Å². The SMILES string of the molecule is CC[C@@]1(O)C(=O)OCc2c1cc1n(c2=O)Cc2c-1nc1cc(F)c(C)c3c1c2[C@@H](NC(=O)CCCc1ccc(NC(=O)OC(C)(C)C)cc1)CC3. The molecule has 3 aliphatic rings. The second-order valence-corrected chi connectivity index (χ2v) is 14.6. The highest BCUT2D eigenvalue weighted by atomic mass is 19.1. The van der Waals surface area contributed by atoms with E-state index in [2.05, 4.69) is 10.6 Å². The topological polar surface area (TPSA) is 149 Å². The molecule has 0 bridgehead atoms. The fourth-order valence-electron chi connectivity index (χ4n) is 7.59. The molecule has 4 aromatic rings. The number of anilines is 1. The number of ether oxygens (including phenoxy) is 2. The van der Waals surface area contributed by atoms with Crippen molar-refractivity contribution in [2.24, 2.45) is 0 Å². The summed E-state index contributed by atoms with van der Waals surface area (Å²) in [6, 6.07) is 10.0. The first kappa shape index (κ1) is 34.4. The molecule has 0 saturated carbocycles. The summed E-state index contributed by atoms with van der Waals surface area (Å²) in [6.45, 7) is 8.72. The van der Waals surface area contributed by atoms with Gasteiger partial charge in [-0.1, -0.05) is 19.1 Å². The number of esters is 1. The van der Waals surface area contributed by atoms with Crippen molar-refractivity contribution in [1.82, 2.24) is 14.9 Å². The van der Waals surface area contributed by atoms with E-state index in [-0.39, 0.29) is 54.4 Å². The first-order valence-corrected chi connectivity index (χ1v) is 17.4. The van der Waals surface area contributed by atoms with Gasteiger partial charge in [-0.15, -0.1) is 0 Å². The Hall–Kier alpha value is -5.10. The zero-order chi connectivity index (χ0) is 36.4. The Balaban J connectivity index is 1.14. The molecule has 266 valence electrons. The Bertz CT molecular complexity index is 2190. The summed E-state index contributed by atoms with van der Waals surface area (Å²) in [6.07, 6.45) is 2.10. The quantitative estimate of drug-likeness (QED) is 0.176. The number of carbonyl (C=O) groups excluding carboxylic acids is 3. The standard InChI is InChI=1S/C39H41FN4O7/c1-6-39(49)26-16-30-34-24(18-44(30)35(46)25(26)19-50-36(39)47)33-28(15-14-23-20(2)27(40)17-29(43-34)32(23)33)42-31(45)9-7-8-21-10-12-22(13-11-21)41-37(48)51-38(3,4)5/h10-13,16-17,28,49H,6-9,14-15,18-19H2,1-5H3,(H,41,48)(H,42,45)/t28-,39-/m0/s1. The predicted molar refractivity (Wildman–Crippen MR) is 188 cm³/mol. The van der Waals surface area contributed by atoms with Crippen molar-refractivity contribution in [2.45, 2.75) is 104 Å². The molecule has 11 nitrogen and oxygen atoms in total. The summed E-state index contributed by atoms with van der Waals surface area (Å²) >= 11 is 0. The van der Waals surface area contributed by atoms with E-state index in [0.717, 1.165) is 27.6 Å². The lowest BCUT2D eigenvalue weighted by atomic mass is 9.81. The largest absolute Gasteiger partial charge is 0.458 e. The Kier molecular flexibility index (Phi) is 8.48. The molecular weight excluding hydrogens is 655 g/mol. The van der Waals surface area contributed by atoms with E-state index in [1.54, 1.807) is 57.4 Å². The van der Waals surface area contributed by atoms with Crippen LogP contribution in [0, 0.1) is 12.7 Å². The number of cyclic esters (lactones) is 1. The average Bonchev–Trinajstić information content (AvgIpc) is 3.44. The van der Waals surface area contributed by atoms with Gasteiger partial charge in [0.2, 0.25) is 5.91 Å². The summed E-state index contributed by atoms with van der Waals surface area (Å²) in [5, 5.41) is 18.0. The molecule has 0 unspecified atom stereocenters. The Labute approximate surface area is 294 Å². The van der Waals surface area contributed by atoms with Gasteiger partial charge in [0.1, 0.15) is 18.0 Å². The van der Waals surface area contributed by atoms with Crippen molar-refractivity contribution in [3.8, 4) is 11.4 Å². The minimum absolute atomic E-state index is 0.0174. The maximum Gasteiger partial charge on any atom is 0.412 e. The van der Waals surface area contributed by atoms with Crippen LogP contribution in [-0.2, 0) is 50.7 Å². The van der Waals surface area contributed by atoms with Crippen LogP contribution in [0.1, 0.15) is 98.4 Å². The van der Waals surface area contributed by atoms with E-state index in [0.29, 0.717) is 53.8 Å². The third-order valence-electron chi connectivity index (χ3n) is 10.2. The molecule has 2 aromatic heterocycles. The molecule has 7 rings (SSSR count). The summed E-state index contributed by atoms with van der Waals surface area (Å²) < 4.78 is 27.3. The lowest BCUT2D eigenvalue weighted by Crippen LogP contribution is -2.44. The smallest absolute Gasteiger partial charge is 0.412 e. The molecule has 4 heterocycles. The van der Waals surface area contributed by atoms with Crippen LogP contribution < -0.4 is 16.2 Å². The van der Waals surface area contributed by atoms with E-state index in [9.17, 15) is 24.3 Å². The maximum absolute atomic E-state index is 15.2. The normalized spacial score (nSPS) is 18.8. The number of aromatic nitrogens is 2. The Morgan fingerprint density at radius 1 is 1.14 bits per heavy atom. The number of rotatable bonds is 7. The zero-order valence-corrected chi connectivity index (χ0v) is 29.4. The molecule has 2 aliphatic heterocycles. The van der Waals surface area contributed by atoms with Gasteiger partial charge in [0.15, 0.2) is 5.60 Å². The lowest BCUT2D eigenvalue weighted by Gasteiger charge is -2.31. The van der Waals surface area contributed by atoms with Crippen LogP contribution in [0.15, 0.2) is 41.2 Å². The number of halogens is 1. The number of aryl methyl sites for hydroxylation is 2. The number of pyridine rings is 2. The van der Waals surface area contributed by atoms with Crippen LogP contribution in [0.4, 0.5) is 14.9 Å². The summed E-state index contributed by atoms with van der Waals surface area (Å²) in [4.78, 5) is 56.9.